The van der Waals surface area contributed by atoms with Crippen LogP contribution >= 0.6 is 0 Å². The summed E-state index contributed by atoms with van der Waals surface area (Å²) in [6, 6.07) is 6.57. The molecule has 0 unspecified atom stereocenters. The van der Waals surface area contributed by atoms with Crippen molar-refractivity contribution in [1.82, 2.24) is 0 Å². The van der Waals surface area contributed by atoms with E-state index in [9.17, 15) is 14.4 Å². The van der Waals surface area contributed by atoms with Crippen molar-refractivity contribution < 1.29 is 24.2 Å². The summed E-state index contributed by atoms with van der Waals surface area (Å²) >= 11 is 0. The van der Waals surface area contributed by atoms with E-state index in [0.717, 1.165) is 0 Å². The van der Waals surface area contributed by atoms with Gasteiger partial charge >= 0.3 is 5.97 Å². The van der Waals surface area contributed by atoms with Crippen LogP contribution in [0.15, 0.2) is 24.3 Å². The van der Waals surface area contributed by atoms with Crippen LogP contribution in [0.1, 0.15) is 48.9 Å². The minimum atomic E-state index is -1.59. The van der Waals surface area contributed by atoms with E-state index in [2.05, 4.69) is 0 Å². The van der Waals surface area contributed by atoms with Crippen molar-refractivity contribution >= 4 is 17.5 Å². The molecule has 0 amide bonds. The van der Waals surface area contributed by atoms with Crippen molar-refractivity contribution in [2.45, 2.75) is 38.5 Å². The van der Waals surface area contributed by atoms with Crippen LogP contribution in [0, 0.1) is 5.92 Å². The van der Waals surface area contributed by atoms with Gasteiger partial charge in [0.05, 0.1) is 13.0 Å². The third-order valence-electron chi connectivity index (χ3n) is 3.93. The molecule has 1 aliphatic rings. The van der Waals surface area contributed by atoms with E-state index in [1.54, 1.807) is 24.3 Å². The Balaban J connectivity index is 1.92. The van der Waals surface area contributed by atoms with Gasteiger partial charge in [0.2, 0.25) is 5.78 Å². The number of benzene rings is 1. The van der Waals surface area contributed by atoms with Gasteiger partial charge in [0, 0.05) is 5.56 Å². The Morgan fingerprint density at radius 2 is 1.86 bits per heavy atom. The molecule has 1 saturated carbocycles. The van der Waals surface area contributed by atoms with E-state index in [0.29, 0.717) is 23.8 Å². The number of ether oxygens (including phenoxy) is 1. The lowest BCUT2D eigenvalue weighted by Gasteiger charge is -2.21. The van der Waals surface area contributed by atoms with Crippen molar-refractivity contribution in [3.8, 4) is 5.75 Å². The van der Waals surface area contributed by atoms with Crippen molar-refractivity contribution in [3.05, 3.63) is 29.8 Å². The van der Waals surface area contributed by atoms with Crippen molar-refractivity contribution in [2.75, 3.05) is 6.61 Å². The van der Waals surface area contributed by atoms with Gasteiger partial charge in [-0.3, -0.25) is 9.59 Å². The Kier molecular flexibility index (Phi) is 5.69. The number of carboxylic acid groups (broad SMARTS) is 1. The molecule has 2 rings (SSSR count). The second-order valence-electron chi connectivity index (χ2n) is 5.67. The number of aliphatic carboxylic acids is 1. The fraction of sp³-hybridized carbons (Fsp3) is 0.471. The summed E-state index contributed by atoms with van der Waals surface area (Å²) in [5.41, 5.74) is 0.302. The summed E-state index contributed by atoms with van der Waals surface area (Å²) in [6.07, 6.45) is 5.49. The molecule has 1 aromatic rings. The zero-order chi connectivity index (χ0) is 15.9. The SMILES string of the molecule is O=C(O)C(=O)CC(=O)c1cccc(OCC2CCCCC2)c1. The number of ketones is 2. The molecule has 0 spiro atoms. The van der Waals surface area contributed by atoms with Crippen LogP contribution in [0.25, 0.3) is 0 Å². The molecular formula is C17H20O5. The second-order valence-corrected chi connectivity index (χ2v) is 5.67. The summed E-state index contributed by atoms with van der Waals surface area (Å²) < 4.78 is 5.74. The summed E-state index contributed by atoms with van der Waals surface area (Å²) in [5.74, 6) is -2.05. The van der Waals surface area contributed by atoms with Crippen LogP contribution in [0.4, 0.5) is 0 Å². The van der Waals surface area contributed by atoms with Gasteiger partial charge in [-0.1, -0.05) is 31.4 Å². The Bertz CT molecular complexity index is 558. The highest BCUT2D eigenvalue weighted by molar-refractivity contribution is 6.37. The first-order valence-corrected chi connectivity index (χ1v) is 7.58. The first-order chi connectivity index (χ1) is 10.6. The average molecular weight is 304 g/mol. The Morgan fingerprint density at radius 1 is 1.14 bits per heavy atom. The molecule has 1 aliphatic carbocycles. The topological polar surface area (TPSA) is 80.7 Å². The summed E-state index contributed by atoms with van der Waals surface area (Å²) in [4.78, 5) is 33.5. The quantitative estimate of drug-likeness (QED) is 0.476. The largest absolute Gasteiger partial charge is 0.493 e. The van der Waals surface area contributed by atoms with Gasteiger partial charge in [-0.25, -0.2) is 4.79 Å². The molecule has 5 nitrogen and oxygen atoms in total. The number of carbonyl (C=O) groups excluding carboxylic acids is 2. The van der Waals surface area contributed by atoms with E-state index < -0.39 is 24.0 Å². The minimum Gasteiger partial charge on any atom is -0.493 e. The Morgan fingerprint density at radius 3 is 2.55 bits per heavy atom. The number of hydrogen-bond donors (Lipinski definition) is 1. The van der Waals surface area contributed by atoms with Crippen LogP contribution in [0.3, 0.4) is 0 Å². The molecule has 0 atom stereocenters. The number of hydrogen-bond acceptors (Lipinski definition) is 4. The lowest BCUT2D eigenvalue weighted by atomic mass is 9.90. The smallest absolute Gasteiger partial charge is 0.372 e. The molecule has 1 N–H and O–H groups in total. The normalized spacial score (nSPS) is 15.3. The van der Waals surface area contributed by atoms with Crippen LogP contribution in [-0.4, -0.2) is 29.2 Å². The van der Waals surface area contributed by atoms with Gasteiger partial charge in [-0.2, -0.15) is 0 Å². The van der Waals surface area contributed by atoms with Crippen LogP contribution < -0.4 is 4.74 Å². The monoisotopic (exact) mass is 304 g/mol. The zero-order valence-electron chi connectivity index (χ0n) is 12.4. The summed E-state index contributed by atoms with van der Waals surface area (Å²) in [7, 11) is 0. The molecule has 1 fully saturated rings. The van der Waals surface area contributed by atoms with Crippen molar-refractivity contribution in [2.24, 2.45) is 5.92 Å². The van der Waals surface area contributed by atoms with E-state index in [1.165, 1.54) is 32.1 Å². The molecule has 0 heterocycles. The van der Waals surface area contributed by atoms with Crippen molar-refractivity contribution in [3.63, 3.8) is 0 Å². The lowest BCUT2D eigenvalue weighted by molar-refractivity contribution is -0.148. The molecule has 0 aliphatic heterocycles. The zero-order valence-corrected chi connectivity index (χ0v) is 12.4. The van der Waals surface area contributed by atoms with Gasteiger partial charge < -0.3 is 9.84 Å². The van der Waals surface area contributed by atoms with Crippen LogP contribution in [0.5, 0.6) is 5.75 Å². The second kappa shape index (κ2) is 7.73. The number of carboxylic acids is 1. The van der Waals surface area contributed by atoms with E-state index >= 15 is 0 Å². The van der Waals surface area contributed by atoms with Gasteiger partial charge in [-0.05, 0) is 30.9 Å². The highest BCUT2D eigenvalue weighted by atomic mass is 16.5. The third-order valence-corrected chi connectivity index (χ3v) is 3.93. The predicted octanol–water partition coefficient (Wildman–Crippen LogP) is 2.87. The predicted molar refractivity (Wildman–Crippen MR) is 80.1 cm³/mol. The van der Waals surface area contributed by atoms with Gasteiger partial charge in [0.25, 0.3) is 0 Å². The maximum Gasteiger partial charge on any atom is 0.372 e. The van der Waals surface area contributed by atoms with E-state index in [-0.39, 0.29) is 0 Å². The first-order valence-electron chi connectivity index (χ1n) is 7.58. The van der Waals surface area contributed by atoms with Gasteiger partial charge in [0.1, 0.15) is 5.75 Å². The standard InChI is InChI=1S/C17H20O5/c18-15(10-16(19)17(20)21)13-7-4-8-14(9-13)22-11-12-5-2-1-3-6-12/h4,7-9,12H,1-3,5-6,10-11H2,(H,20,21). The first kappa shape index (κ1) is 16.2. The molecule has 5 heteroatoms. The number of Topliss-reactive ketones (excluding diaryl/α,β-unsaturated/α-hetero) is 2. The molecule has 118 valence electrons. The molecule has 0 bridgehead atoms. The third kappa shape index (κ3) is 4.69. The minimum absolute atomic E-state index is 0.302. The molecule has 0 saturated heterocycles. The molecular weight excluding hydrogens is 284 g/mol. The van der Waals surface area contributed by atoms with Gasteiger partial charge in [0.15, 0.2) is 5.78 Å². The highest BCUT2D eigenvalue weighted by Gasteiger charge is 2.18. The molecule has 22 heavy (non-hydrogen) atoms. The fourth-order valence-corrected chi connectivity index (χ4v) is 2.65. The maximum absolute atomic E-state index is 11.9. The van der Waals surface area contributed by atoms with Crippen molar-refractivity contribution in [1.29, 1.82) is 0 Å². The van der Waals surface area contributed by atoms with E-state index in [1.807, 2.05) is 0 Å². The number of carbonyl (C=O) groups is 3. The van der Waals surface area contributed by atoms with Crippen LogP contribution in [0.2, 0.25) is 0 Å². The van der Waals surface area contributed by atoms with E-state index in [4.69, 9.17) is 9.84 Å². The molecule has 0 aromatic heterocycles. The summed E-state index contributed by atoms with van der Waals surface area (Å²) in [6.45, 7) is 0.631. The Hall–Kier alpha value is -2.17. The lowest BCUT2D eigenvalue weighted by Crippen LogP contribution is -2.17. The molecule has 0 radical (unpaired) electrons. The Labute approximate surface area is 129 Å². The average Bonchev–Trinajstić information content (AvgIpc) is 2.54. The highest BCUT2D eigenvalue weighted by Crippen LogP contribution is 2.25. The van der Waals surface area contributed by atoms with Crippen LogP contribution in [-0.2, 0) is 9.59 Å². The van der Waals surface area contributed by atoms with Gasteiger partial charge in [-0.15, -0.1) is 0 Å². The molecule has 1 aromatic carbocycles. The number of rotatable bonds is 7. The fourth-order valence-electron chi connectivity index (χ4n) is 2.65. The summed E-state index contributed by atoms with van der Waals surface area (Å²) in [5, 5.41) is 8.53. The maximum atomic E-state index is 11.9.